The average Bonchev–Trinajstić information content (AvgIpc) is 2.99. The molecule has 1 aromatic carbocycles. The molecule has 3 aromatic rings. The predicted molar refractivity (Wildman–Crippen MR) is 73.5 cm³/mol. The number of H-pyrrole nitrogens is 1. The molecule has 0 fully saturated rings. The number of halogens is 1. The fraction of sp³-hybridized carbons (Fsp3) is 0.0833. The molecule has 0 amide bonds. The van der Waals surface area contributed by atoms with Gasteiger partial charge in [0.2, 0.25) is 11.6 Å². The van der Waals surface area contributed by atoms with Crippen LogP contribution in [0.15, 0.2) is 23.0 Å². The van der Waals surface area contributed by atoms with Crippen LogP contribution in [-0.4, -0.2) is 36.1 Å². The average molecular weight is 306 g/mol. The van der Waals surface area contributed by atoms with Gasteiger partial charge in [-0.25, -0.2) is 5.10 Å². The number of rotatable bonds is 2. The van der Waals surface area contributed by atoms with Crippen molar-refractivity contribution in [2.75, 3.05) is 0 Å². The van der Waals surface area contributed by atoms with Gasteiger partial charge in [-0.2, -0.15) is 0 Å². The molecule has 8 nitrogen and oxygen atoms in total. The summed E-state index contributed by atoms with van der Waals surface area (Å²) in [7, 11) is 1.49. The van der Waals surface area contributed by atoms with Crippen LogP contribution in [0.1, 0.15) is 16.2 Å². The molecule has 2 N–H and O–H groups in total. The molecule has 0 saturated heterocycles. The maximum absolute atomic E-state index is 12.3. The number of nitrogens with one attached hydrogen (secondary N) is 1. The molecule has 9 heteroatoms. The van der Waals surface area contributed by atoms with Crippen LogP contribution in [0, 0.1) is 0 Å². The molecule has 0 unspecified atom stereocenters. The number of carbonyl (C=O) groups excluding carboxylic acids is 1. The second-order valence-corrected chi connectivity index (χ2v) is 4.76. The molecule has 2 aromatic heterocycles. The highest BCUT2D eigenvalue weighted by Crippen LogP contribution is 2.29. The van der Waals surface area contributed by atoms with Crippen molar-refractivity contribution >= 4 is 28.3 Å². The Morgan fingerprint density at radius 2 is 2.19 bits per heavy atom. The normalized spacial score (nSPS) is 11.0. The van der Waals surface area contributed by atoms with Gasteiger partial charge in [0.25, 0.3) is 5.56 Å². The predicted octanol–water partition coefficient (Wildman–Crippen LogP) is 0.642. The van der Waals surface area contributed by atoms with Crippen molar-refractivity contribution in [2.45, 2.75) is 0 Å². The number of benzene rings is 1. The maximum Gasteiger partial charge on any atom is 0.265 e. The molecule has 2 heterocycles. The highest BCUT2D eigenvalue weighted by molar-refractivity contribution is 6.31. The molecule has 106 valence electrons. The molecule has 0 radical (unpaired) electrons. The summed E-state index contributed by atoms with van der Waals surface area (Å²) in [5.41, 5.74) is -0.608. The van der Waals surface area contributed by atoms with Crippen LogP contribution in [-0.2, 0) is 7.05 Å². The molecule has 0 bridgehead atoms. The van der Waals surface area contributed by atoms with Crippen LogP contribution in [0.25, 0.3) is 10.9 Å². The standard InChI is InChI=1S/C12H8ClN5O3/c1-18-7-3-2-5(13)4-6(7)9(19)8(12(18)21)10(20)11-14-16-17-15-11/h2-4,19H,1H3,(H,14,15,16,17). The van der Waals surface area contributed by atoms with Gasteiger partial charge in [-0.1, -0.05) is 11.6 Å². The minimum Gasteiger partial charge on any atom is -0.506 e. The number of ketones is 1. The minimum atomic E-state index is -0.792. The fourth-order valence-electron chi connectivity index (χ4n) is 2.08. The number of fused-ring (bicyclic) bond motifs is 1. The zero-order valence-electron chi connectivity index (χ0n) is 10.7. The van der Waals surface area contributed by atoms with Gasteiger partial charge >= 0.3 is 0 Å². The molecule has 0 aliphatic rings. The van der Waals surface area contributed by atoms with E-state index in [0.29, 0.717) is 15.9 Å². The van der Waals surface area contributed by atoms with E-state index in [1.165, 1.54) is 17.7 Å². The Bertz CT molecular complexity index is 917. The number of carbonyl (C=O) groups is 1. The molecular formula is C12H8ClN5O3. The van der Waals surface area contributed by atoms with Crippen molar-refractivity contribution < 1.29 is 9.90 Å². The lowest BCUT2D eigenvalue weighted by Gasteiger charge is -2.10. The first-order chi connectivity index (χ1) is 10.0. The summed E-state index contributed by atoms with van der Waals surface area (Å²) in [4.78, 5) is 24.5. The van der Waals surface area contributed by atoms with E-state index in [0.717, 1.165) is 0 Å². The third kappa shape index (κ3) is 1.96. The summed E-state index contributed by atoms with van der Waals surface area (Å²) < 4.78 is 1.25. The summed E-state index contributed by atoms with van der Waals surface area (Å²) in [6.45, 7) is 0. The Balaban J connectivity index is 2.38. The Kier molecular flexibility index (Phi) is 2.95. The number of nitrogens with zero attached hydrogens (tertiary/aromatic N) is 4. The van der Waals surface area contributed by atoms with Gasteiger partial charge in [0.15, 0.2) is 0 Å². The number of aromatic hydroxyl groups is 1. The molecule has 3 rings (SSSR count). The second kappa shape index (κ2) is 4.67. The van der Waals surface area contributed by atoms with E-state index in [4.69, 9.17) is 11.6 Å². The summed E-state index contributed by atoms with van der Waals surface area (Å²) in [6.07, 6.45) is 0. The van der Waals surface area contributed by atoms with Crippen LogP contribution < -0.4 is 5.56 Å². The highest BCUT2D eigenvalue weighted by Gasteiger charge is 2.24. The first-order valence-electron chi connectivity index (χ1n) is 5.80. The van der Waals surface area contributed by atoms with Crippen LogP contribution in [0.4, 0.5) is 0 Å². The lowest BCUT2D eigenvalue weighted by molar-refractivity contribution is 0.102. The molecule has 0 aliphatic heterocycles. The lowest BCUT2D eigenvalue weighted by atomic mass is 10.1. The van der Waals surface area contributed by atoms with Crippen molar-refractivity contribution in [2.24, 2.45) is 7.05 Å². The van der Waals surface area contributed by atoms with Crippen molar-refractivity contribution in [3.63, 3.8) is 0 Å². The van der Waals surface area contributed by atoms with E-state index in [1.807, 2.05) is 0 Å². The van der Waals surface area contributed by atoms with Gasteiger partial charge in [0.05, 0.1) is 5.52 Å². The fourth-order valence-corrected chi connectivity index (χ4v) is 2.25. The van der Waals surface area contributed by atoms with Gasteiger partial charge in [0.1, 0.15) is 11.3 Å². The summed E-state index contributed by atoms with van der Waals surface area (Å²) in [5.74, 6) is -1.47. The number of tetrazole rings is 1. The topological polar surface area (TPSA) is 114 Å². The Morgan fingerprint density at radius 1 is 1.43 bits per heavy atom. The summed E-state index contributed by atoms with van der Waals surface area (Å²) >= 11 is 5.89. The largest absolute Gasteiger partial charge is 0.506 e. The van der Waals surface area contributed by atoms with E-state index in [1.54, 1.807) is 12.1 Å². The number of hydrogen-bond acceptors (Lipinski definition) is 6. The first-order valence-corrected chi connectivity index (χ1v) is 6.18. The van der Waals surface area contributed by atoms with Gasteiger partial charge in [0, 0.05) is 17.5 Å². The third-order valence-corrected chi connectivity index (χ3v) is 3.35. The summed E-state index contributed by atoms with van der Waals surface area (Å²) in [5, 5.41) is 23.2. The van der Waals surface area contributed by atoms with Crippen molar-refractivity contribution in [3.8, 4) is 5.75 Å². The number of hydrogen-bond donors (Lipinski definition) is 2. The Morgan fingerprint density at radius 3 is 2.86 bits per heavy atom. The quantitative estimate of drug-likeness (QED) is 0.672. The van der Waals surface area contributed by atoms with E-state index in [9.17, 15) is 14.7 Å². The first kappa shape index (κ1) is 13.3. The second-order valence-electron chi connectivity index (χ2n) is 4.33. The van der Waals surface area contributed by atoms with Gasteiger partial charge in [-0.05, 0) is 28.6 Å². The SMILES string of the molecule is Cn1c(=O)c(C(=O)c2nnn[nH]2)c(O)c2cc(Cl)ccc21. The minimum absolute atomic E-state index is 0.233. The monoisotopic (exact) mass is 305 g/mol. The number of pyridine rings is 1. The molecule has 0 atom stereocenters. The van der Waals surface area contributed by atoms with Crippen molar-refractivity contribution in [1.82, 2.24) is 25.2 Å². The van der Waals surface area contributed by atoms with E-state index >= 15 is 0 Å². The molecular weight excluding hydrogens is 298 g/mol. The van der Waals surface area contributed by atoms with Crippen molar-refractivity contribution in [3.05, 3.63) is 45.0 Å². The summed E-state index contributed by atoms with van der Waals surface area (Å²) in [6, 6.07) is 4.65. The smallest absolute Gasteiger partial charge is 0.265 e. The number of aromatic amines is 1. The molecule has 21 heavy (non-hydrogen) atoms. The zero-order chi connectivity index (χ0) is 15.1. The van der Waals surface area contributed by atoms with E-state index < -0.39 is 22.7 Å². The van der Waals surface area contributed by atoms with Crippen LogP contribution in [0.2, 0.25) is 5.02 Å². The molecule has 0 spiro atoms. The highest BCUT2D eigenvalue weighted by atomic mass is 35.5. The number of aromatic nitrogens is 5. The van der Waals surface area contributed by atoms with Gasteiger partial charge in [-0.15, -0.1) is 5.10 Å². The van der Waals surface area contributed by atoms with Gasteiger partial charge < -0.3 is 9.67 Å². The van der Waals surface area contributed by atoms with Crippen LogP contribution in [0.3, 0.4) is 0 Å². The maximum atomic E-state index is 12.3. The Hall–Kier alpha value is -2.74. The zero-order valence-corrected chi connectivity index (χ0v) is 11.4. The van der Waals surface area contributed by atoms with E-state index in [-0.39, 0.29) is 5.82 Å². The van der Waals surface area contributed by atoms with Crippen molar-refractivity contribution in [1.29, 1.82) is 0 Å². The molecule has 0 saturated carbocycles. The molecule has 0 aliphatic carbocycles. The lowest BCUT2D eigenvalue weighted by Crippen LogP contribution is -2.25. The van der Waals surface area contributed by atoms with Crippen LogP contribution >= 0.6 is 11.6 Å². The number of aryl methyl sites for hydroxylation is 1. The van der Waals surface area contributed by atoms with Gasteiger partial charge in [-0.3, -0.25) is 9.59 Å². The van der Waals surface area contributed by atoms with E-state index in [2.05, 4.69) is 20.6 Å². The van der Waals surface area contributed by atoms with Crippen LogP contribution in [0.5, 0.6) is 5.75 Å². The third-order valence-electron chi connectivity index (χ3n) is 3.12. The Labute approximate surface area is 122 Å².